The van der Waals surface area contributed by atoms with Crippen LogP contribution < -0.4 is 0 Å². The van der Waals surface area contributed by atoms with E-state index in [0.29, 0.717) is 0 Å². The first kappa shape index (κ1) is 23.2. The highest BCUT2D eigenvalue weighted by Crippen LogP contribution is 2.38. The van der Waals surface area contributed by atoms with Crippen molar-refractivity contribution in [3.8, 4) is 0 Å². The Morgan fingerprint density at radius 2 is 1.73 bits per heavy atom. The summed E-state index contributed by atoms with van der Waals surface area (Å²) in [5.74, 6) is -8.19. The highest BCUT2D eigenvalue weighted by molar-refractivity contribution is 5.79. The Bertz CT molecular complexity index is 672. The van der Waals surface area contributed by atoms with Crippen LogP contribution in [0.15, 0.2) is 0 Å². The van der Waals surface area contributed by atoms with Gasteiger partial charge in [-0.25, -0.2) is 9.59 Å². The lowest BCUT2D eigenvalue weighted by molar-refractivity contribution is -0.361. The Hall–Kier alpha value is -1.46. The van der Waals surface area contributed by atoms with Crippen LogP contribution in [0.2, 0.25) is 0 Å². The Morgan fingerprint density at radius 3 is 2.30 bits per heavy atom. The van der Waals surface area contributed by atoms with Crippen molar-refractivity contribution in [2.45, 2.75) is 73.2 Å². The number of carbonyl (C=O) groups excluding carboxylic acids is 1. The molecule has 1 spiro atoms. The Balaban J connectivity index is 1.77. The lowest BCUT2D eigenvalue weighted by Gasteiger charge is -2.49. The van der Waals surface area contributed by atoms with Crippen LogP contribution >= 0.6 is 0 Å². The molecular weight excluding hydrogens is 416 g/mol. The summed E-state index contributed by atoms with van der Waals surface area (Å²) >= 11 is 0. The molecule has 3 heterocycles. The summed E-state index contributed by atoms with van der Waals surface area (Å²) in [6, 6.07) is 0. The van der Waals surface area contributed by atoms with E-state index < -0.39 is 98.4 Å². The lowest BCUT2D eigenvalue weighted by atomic mass is 9.90. The molecule has 0 saturated carbocycles. The predicted octanol–water partition coefficient (Wildman–Crippen LogP) is -5.23. The van der Waals surface area contributed by atoms with E-state index in [1.807, 2.05) is 0 Å². The molecule has 0 aromatic carbocycles. The molecule has 3 aliphatic heterocycles. The summed E-state index contributed by atoms with van der Waals surface area (Å²) < 4.78 is 20.8. The minimum atomic E-state index is -2.84. The quantitative estimate of drug-likeness (QED) is 0.191. The summed E-state index contributed by atoms with van der Waals surface area (Å²) in [6.45, 7) is -1.43. The highest BCUT2D eigenvalue weighted by atomic mass is 16.8. The van der Waals surface area contributed by atoms with Crippen LogP contribution in [-0.2, 0) is 28.5 Å². The molecule has 14 heteroatoms. The van der Waals surface area contributed by atoms with Gasteiger partial charge in [0.2, 0.25) is 0 Å². The molecule has 8 N–H and O–H groups in total. The van der Waals surface area contributed by atoms with E-state index in [4.69, 9.17) is 29.2 Å². The number of aliphatic hydroxyl groups is 7. The zero-order valence-electron chi connectivity index (χ0n) is 15.5. The minimum Gasteiger partial charge on any atom is -0.477 e. The van der Waals surface area contributed by atoms with Gasteiger partial charge in [-0.05, 0) is 0 Å². The number of carboxylic acid groups (broad SMARTS) is 1. The number of rotatable bonds is 4. The summed E-state index contributed by atoms with van der Waals surface area (Å²) in [6.07, 6.45) is -14.5. The van der Waals surface area contributed by atoms with Crippen molar-refractivity contribution in [2.75, 3.05) is 13.2 Å². The minimum absolute atomic E-state index is 0.583. The normalized spacial score (nSPS) is 48.2. The number of esters is 1. The SMILES string of the molecule is O=C1O[C@@H]([C@H]2O[C@@](O)(C(=O)O)C[C@@H](O)[C@H]2O)CO[C@@]12C[C@@H](O)[C@@H](O)[C@@H]([C@H](O)CO)O2. The van der Waals surface area contributed by atoms with Crippen LogP contribution in [0.1, 0.15) is 12.8 Å². The van der Waals surface area contributed by atoms with Gasteiger partial charge in [-0.1, -0.05) is 0 Å². The summed E-state index contributed by atoms with van der Waals surface area (Å²) in [7, 11) is 0. The van der Waals surface area contributed by atoms with Crippen LogP contribution in [0, 0.1) is 0 Å². The van der Waals surface area contributed by atoms with Gasteiger partial charge in [-0.2, -0.15) is 0 Å². The van der Waals surface area contributed by atoms with E-state index in [2.05, 4.69) is 0 Å². The van der Waals surface area contributed by atoms with E-state index in [9.17, 15) is 40.2 Å². The molecule has 0 aromatic rings. The summed E-state index contributed by atoms with van der Waals surface area (Å²) in [4.78, 5) is 23.9. The van der Waals surface area contributed by atoms with Crippen molar-refractivity contribution in [1.29, 1.82) is 0 Å². The third-order valence-corrected chi connectivity index (χ3v) is 5.40. The second-order valence-corrected chi connectivity index (χ2v) is 7.54. The number of cyclic esters (lactones) is 1. The summed E-state index contributed by atoms with van der Waals surface area (Å²) in [5, 5.41) is 78.0. The van der Waals surface area contributed by atoms with Crippen molar-refractivity contribution in [3.05, 3.63) is 0 Å². The van der Waals surface area contributed by atoms with Crippen molar-refractivity contribution >= 4 is 11.9 Å². The molecule has 3 saturated heterocycles. The average molecular weight is 440 g/mol. The number of carbonyl (C=O) groups is 2. The molecule has 172 valence electrons. The van der Waals surface area contributed by atoms with Crippen LogP contribution in [-0.4, -0.2) is 126 Å². The molecule has 0 aliphatic carbocycles. The zero-order chi connectivity index (χ0) is 22.4. The molecule has 3 aliphatic rings. The third-order valence-electron chi connectivity index (χ3n) is 5.40. The molecule has 3 rings (SSSR count). The smallest absolute Gasteiger partial charge is 0.367 e. The molecule has 0 radical (unpaired) electrons. The standard InChI is InChI=1S/C16H24O14/c17-3-7(20)11-9(21)6(19)2-16(30-11)14(25)28-8(4-27-16)12-10(22)5(18)1-15(26,29-12)13(23)24/h5-12,17-22,26H,1-4H2,(H,23,24)/t5-,6-,7-,8-,9-,10-,11-,12-,15-,16-/m1/s1. The van der Waals surface area contributed by atoms with E-state index in [-0.39, 0.29) is 0 Å². The van der Waals surface area contributed by atoms with Gasteiger partial charge >= 0.3 is 11.9 Å². The maximum absolute atomic E-state index is 12.6. The second-order valence-electron chi connectivity index (χ2n) is 7.54. The zero-order valence-corrected chi connectivity index (χ0v) is 15.5. The fraction of sp³-hybridized carbons (Fsp3) is 0.875. The Morgan fingerprint density at radius 1 is 1.10 bits per heavy atom. The average Bonchev–Trinajstić information content (AvgIpc) is 2.69. The lowest BCUT2D eigenvalue weighted by Crippen LogP contribution is -2.68. The van der Waals surface area contributed by atoms with Crippen LogP contribution in [0.5, 0.6) is 0 Å². The van der Waals surface area contributed by atoms with Gasteiger partial charge in [0.1, 0.15) is 30.5 Å². The van der Waals surface area contributed by atoms with Gasteiger partial charge < -0.3 is 59.8 Å². The van der Waals surface area contributed by atoms with Gasteiger partial charge in [0.25, 0.3) is 11.6 Å². The van der Waals surface area contributed by atoms with E-state index >= 15 is 0 Å². The van der Waals surface area contributed by atoms with Crippen LogP contribution in [0.4, 0.5) is 0 Å². The first-order chi connectivity index (χ1) is 13.9. The first-order valence-corrected chi connectivity index (χ1v) is 9.12. The number of hydrogen-bond donors (Lipinski definition) is 8. The summed E-state index contributed by atoms with van der Waals surface area (Å²) in [5.41, 5.74) is 0. The monoisotopic (exact) mass is 440 g/mol. The molecule has 0 bridgehead atoms. The van der Waals surface area contributed by atoms with Crippen molar-refractivity contribution in [2.24, 2.45) is 0 Å². The molecule has 0 amide bonds. The van der Waals surface area contributed by atoms with E-state index in [1.54, 1.807) is 0 Å². The van der Waals surface area contributed by atoms with Crippen molar-refractivity contribution < 1.29 is 69.4 Å². The number of hydrogen-bond acceptors (Lipinski definition) is 13. The highest BCUT2D eigenvalue weighted by Gasteiger charge is 2.60. The fourth-order valence-electron chi connectivity index (χ4n) is 3.69. The molecule has 14 nitrogen and oxygen atoms in total. The van der Waals surface area contributed by atoms with Crippen LogP contribution in [0.25, 0.3) is 0 Å². The molecule has 10 atom stereocenters. The number of ether oxygens (including phenoxy) is 4. The largest absolute Gasteiger partial charge is 0.477 e. The molecule has 0 unspecified atom stereocenters. The van der Waals surface area contributed by atoms with Gasteiger partial charge in [0.05, 0.1) is 25.4 Å². The number of aliphatic hydroxyl groups excluding tert-OH is 6. The Kier molecular flexibility index (Phi) is 6.37. The van der Waals surface area contributed by atoms with Crippen molar-refractivity contribution in [3.63, 3.8) is 0 Å². The van der Waals surface area contributed by atoms with Gasteiger partial charge in [0, 0.05) is 12.8 Å². The third kappa shape index (κ3) is 3.91. The molecule has 30 heavy (non-hydrogen) atoms. The molecule has 0 aromatic heterocycles. The van der Waals surface area contributed by atoms with E-state index in [0.717, 1.165) is 0 Å². The molecular formula is C16H24O14. The first-order valence-electron chi connectivity index (χ1n) is 9.12. The number of carboxylic acids is 1. The van der Waals surface area contributed by atoms with Gasteiger partial charge in [-0.15, -0.1) is 0 Å². The van der Waals surface area contributed by atoms with E-state index in [1.165, 1.54) is 0 Å². The molecule has 3 fully saturated rings. The maximum Gasteiger partial charge on any atom is 0.367 e. The Labute approximate surface area is 168 Å². The van der Waals surface area contributed by atoms with Gasteiger partial charge in [0.15, 0.2) is 6.10 Å². The predicted molar refractivity (Wildman–Crippen MR) is 87.2 cm³/mol. The second kappa shape index (κ2) is 8.23. The van der Waals surface area contributed by atoms with Crippen LogP contribution in [0.3, 0.4) is 0 Å². The fourth-order valence-corrected chi connectivity index (χ4v) is 3.69. The van der Waals surface area contributed by atoms with Crippen molar-refractivity contribution in [1.82, 2.24) is 0 Å². The maximum atomic E-state index is 12.6. The number of aliphatic carboxylic acids is 1. The van der Waals surface area contributed by atoms with Gasteiger partial charge in [-0.3, -0.25) is 0 Å². The topological polar surface area (TPSA) is 233 Å².